The molecule has 1 aliphatic heterocycles. The predicted molar refractivity (Wildman–Crippen MR) is 99.4 cm³/mol. The van der Waals surface area contributed by atoms with Crippen molar-refractivity contribution in [3.63, 3.8) is 0 Å². The molecule has 0 aliphatic carbocycles. The van der Waals surface area contributed by atoms with Gasteiger partial charge in [0, 0.05) is 18.7 Å². The van der Waals surface area contributed by atoms with Gasteiger partial charge in [-0.25, -0.2) is 8.42 Å². The molecule has 0 bridgehead atoms. The van der Waals surface area contributed by atoms with Crippen molar-refractivity contribution in [1.82, 2.24) is 10.2 Å². The number of hydrogen-bond acceptors (Lipinski definition) is 4. The molecular formula is C16H26ClN3O3S. The van der Waals surface area contributed by atoms with E-state index < -0.39 is 10.0 Å². The molecule has 0 unspecified atom stereocenters. The molecule has 1 aromatic carbocycles. The van der Waals surface area contributed by atoms with Crippen LogP contribution in [0.4, 0.5) is 5.69 Å². The highest BCUT2D eigenvalue weighted by atomic mass is 35.5. The molecule has 24 heavy (non-hydrogen) atoms. The van der Waals surface area contributed by atoms with Crippen molar-refractivity contribution >= 4 is 34.0 Å². The zero-order valence-electron chi connectivity index (χ0n) is 14.3. The fraction of sp³-hybridized carbons (Fsp3) is 0.562. The molecule has 2 N–H and O–H groups in total. The van der Waals surface area contributed by atoms with Crippen LogP contribution in [0, 0.1) is 12.8 Å². The quantitative estimate of drug-likeness (QED) is 0.823. The maximum absolute atomic E-state index is 12.6. The Morgan fingerprint density at radius 2 is 1.92 bits per heavy atom. The van der Waals surface area contributed by atoms with Crippen molar-refractivity contribution in [2.75, 3.05) is 37.7 Å². The van der Waals surface area contributed by atoms with Crippen molar-refractivity contribution in [3.05, 3.63) is 29.3 Å². The number of anilines is 1. The Kier molecular flexibility index (Phi) is 7.51. The molecule has 0 saturated carbocycles. The molecule has 6 nitrogen and oxygen atoms in total. The van der Waals surface area contributed by atoms with Crippen LogP contribution in [0.2, 0.25) is 0 Å². The van der Waals surface area contributed by atoms with Gasteiger partial charge in [-0.2, -0.15) is 0 Å². The fourth-order valence-electron chi connectivity index (χ4n) is 2.88. The minimum Gasteiger partial charge on any atom is -0.339 e. The van der Waals surface area contributed by atoms with Gasteiger partial charge in [0.05, 0.1) is 11.9 Å². The van der Waals surface area contributed by atoms with Crippen LogP contribution in [0.1, 0.15) is 28.8 Å². The summed E-state index contributed by atoms with van der Waals surface area (Å²) in [5.41, 5.74) is 1.77. The van der Waals surface area contributed by atoms with Gasteiger partial charge in [-0.1, -0.05) is 6.07 Å². The number of rotatable bonds is 5. The summed E-state index contributed by atoms with van der Waals surface area (Å²) in [4.78, 5) is 14.5. The number of benzene rings is 1. The number of nitrogens with zero attached hydrogens (tertiary/aromatic N) is 1. The molecule has 0 atom stereocenters. The normalized spacial score (nSPS) is 15.7. The van der Waals surface area contributed by atoms with Crippen LogP contribution in [0.15, 0.2) is 18.2 Å². The molecule has 1 saturated heterocycles. The fourth-order valence-corrected chi connectivity index (χ4v) is 3.50. The van der Waals surface area contributed by atoms with Crippen LogP contribution in [-0.2, 0) is 10.0 Å². The van der Waals surface area contributed by atoms with Gasteiger partial charge in [0.25, 0.3) is 5.91 Å². The maximum atomic E-state index is 12.6. The zero-order valence-corrected chi connectivity index (χ0v) is 16.0. The summed E-state index contributed by atoms with van der Waals surface area (Å²) < 4.78 is 25.3. The zero-order chi connectivity index (χ0) is 17.0. The molecule has 1 fully saturated rings. The third kappa shape index (κ3) is 5.65. The smallest absolute Gasteiger partial charge is 0.253 e. The number of carbonyl (C=O) groups is 1. The number of likely N-dealkylation sites (tertiary alicyclic amines) is 1. The van der Waals surface area contributed by atoms with E-state index >= 15 is 0 Å². The summed E-state index contributed by atoms with van der Waals surface area (Å²) in [7, 11) is -1.42. The molecule has 1 heterocycles. The van der Waals surface area contributed by atoms with E-state index in [-0.39, 0.29) is 18.3 Å². The van der Waals surface area contributed by atoms with E-state index in [9.17, 15) is 13.2 Å². The predicted octanol–water partition coefficient (Wildman–Crippen LogP) is 1.86. The van der Waals surface area contributed by atoms with Gasteiger partial charge < -0.3 is 10.2 Å². The number of sulfonamides is 1. The summed E-state index contributed by atoms with van der Waals surface area (Å²) in [5.74, 6) is 0.578. The van der Waals surface area contributed by atoms with Crippen molar-refractivity contribution in [2.45, 2.75) is 19.8 Å². The van der Waals surface area contributed by atoms with Crippen LogP contribution < -0.4 is 10.0 Å². The molecule has 0 radical (unpaired) electrons. The van der Waals surface area contributed by atoms with Gasteiger partial charge in [0.1, 0.15) is 0 Å². The van der Waals surface area contributed by atoms with Crippen LogP contribution >= 0.6 is 12.4 Å². The van der Waals surface area contributed by atoms with E-state index in [4.69, 9.17) is 0 Å². The number of carbonyl (C=O) groups excluding carboxylic acids is 1. The molecule has 8 heteroatoms. The minimum absolute atomic E-state index is 0. The molecule has 136 valence electrons. The number of halogens is 1. The number of piperidine rings is 1. The second-order valence-electron chi connectivity index (χ2n) is 6.20. The largest absolute Gasteiger partial charge is 0.339 e. The highest BCUT2D eigenvalue weighted by Crippen LogP contribution is 2.22. The van der Waals surface area contributed by atoms with Gasteiger partial charge in [-0.3, -0.25) is 9.52 Å². The Morgan fingerprint density at radius 1 is 1.29 bits per heavy atom. The van der Waals surface area contributed by atoms with Gasteiger partial charge in [0.15, 0.2) is 0 Å². The monoisotopic (exact) mass is 375 g/mol. The lowest BCUT2D eigenvalue weighted by atomic mass is 9.96. The second kappa shape index (κ2) is 8.69. The van der Waals surface area contributed by atoms with Gasteiger partial charge in [-0.15, -0.1) is 12.4 Å². The lowest BCUT2D eigenvalue weighted by Gasteiger charge is -2.32. The van der Waals surface area contributed by atoms with Gasteiger partial charge >= 0.3 is 0 Å². The van der Waals surface area contributed by atoms with Crippen molar-refractivity contribution in [1.29, 1.82) is 0 Å². The number of aryl methyl sites for hydroxylation is 1. The second-order valence-corrected chi connectivity index (χ2v) is 7.95. The van der Waals surface area contributed by atoms with Crippen LogP contribution in [0.3, 0.4) is 0 Å². The van der Waals surface area contributed by atoms with Crippen LogP contribution in [0.25, 0.3) is 0 Å². The first-order valence-electron chi connectivity index (χ1n) is 7.82. The third-order valence-corrected chi connectivity index (χ3v) is 4.77. The summed E-state index contributed by atoms with van der Waals surface area (Å²) >= 11 is 0. The molecule has 1 amide bonds. The standard InChI is InChI=1S/C16H25N3O3S.ClH/c1-12-4-5-14(10-15(12)18-23(3,21)22)16(20)19-8-6-13(7-9-19)11-17-2;/h4-5,10,13,17-18H,6-9,11H2,1-3H3;1H. The van der Waals surface area contributed by atoms with E-state index in [1.807, 2.05) is 18.9 Å². The van der Waals surface area contributed by atoms with Crippen molar-refractivity contribution in [3.8, 4) is 0 Å². The summed E-state index contributed by atoms with van der Waals surface area (Å²) in [6.07, 6.45) is 3.09. The Hall–Kier alpha value is -1.31. The van der Waals surface area contributed by atoms with E-state index in [1.54, 1.807) is 18.2 Å². The molecule has 1 aromatic rings. The first-order chi connectivity index (χ1) is 10.8. The van der Waals surface area contributed by atoms with E-state index in [2.05, 4.69) is 10.0 Å². The topological polar surface area (TPSA) is 78.5 Å². The van der Waals surface area contributed by atoms with Crippen molar-refractivity contribution in [2.24, 2.45) is 5.92 Å². The first-order valence-corrected chi connectivity index (χ1v) is 9.71. The summed E-state index contributed by atoms with van der Waals surface area (Å²) in [6.45, 7) is 4.28. The number of nitrogens with one attached hydrogen (secondary N) is 2. The Bertz CT molecular complexity index is 671. The highest BCUT2D eigenvalue weighted by Gasteiger charge is 2.23. The summed E-state index contributed by atoms with van der Waals surface area (Å²) in [5, 5.41) is 3.18. The van der Waals surface area contributed by atoms with Gasteiger partial charge in [-0.05, 0) is 57.0 Å². The SMILES string of the molecule is CNCC1CCN(C(=O)c2ccc(C)c(NS(C)(=O)=O)c2)CC1.Cl. The number of amides is 1. The molecule has 0 aromatic heterocycles. The molecule has 0 spiro atoms. The van der Waals surface area contributed by atoms with Crippen molar-refractivity contribution < 1.29 is 13.2 Å². The average Bonchev–Trinajstić information content (AvgIpc) is 2.48. The number of hydrogen-bond donors (Lipinski definition) is 2. The summed E-state index contributed by atoms with van der Waals surface area (Å²) in [6, 6.07) is 5.15. The third-order valence-electron chi connectivity index (χ3n) is 4.17. The Balaban J connectivity index is 0.00000288. The van der Waals surface area contributed by atoms with Crippen LogP contribution in [-0.4, -0.2) is 52.2 Å². The van der Waals surface area contributed by atoms with E-state index in [1.165, 1.54) is 0 Å². The Labute approximate surface area is 150 Å². The van der Waals surface area contributed by atoms with E-state index in [0.717, 1.165) is 44.3 Å². The van der Waals surface area contributed by atoms with Gasteiger partial charge in [0.2, 0.25) is 10.0 Å². The lowest BCUT2D eigenvalue weighted by molar-refractivity contribution is 0.0691. The average molecular weight is 376 g/mol. The Morgan fingerprint density at radius 3 is 2.46 bits per heavy atom. The minimum atomic E-state index is -3.36. The van der Waals surface area contributed by atoms with Crippen LogP contribution in [0.5, 0.6) is 0 Å². The maximum Gasteiger partial charge on any atom is 0.253 e. The highest BCUT2D eigenvalue weighted by molar-refractivity contribution is 7.92. The van der Waals surface area contributed by atoms with E-state index in [0.29, 0.717) is 17.2 Å². The molecule has 2 rings (SSSR count). The molecule has 1 aliphatic rings. The lowest BCUT2D eigenvalue weighted by Crippen LogP contribution is -2.40. The molecular weight excluding hydrogens is 350 g/mol. The first kappa shape index (κ1) is 20.7.